The van der Waals surface area contributed by atoms with E-state index in [4.69, 9.17) is 4.74 Å². The lowest BCUT2D eigenvalue weighted by Gasteiger charge is -2.38. The van der Waals surface area contributed by atoms with Gasteiger partial charge in [-0.1, -0.05) is 25.0 Å². The SMILES string of the molecule is Cc1cccc(NC(=O)CN2C(=O)C(C)(C)Oc3ccc(C(=O)NC4CCCC4)cc32)c1. The molecule has 1 heterocycles. The van der Waals surface area contributed by atoms with Crippen LogP contribution in [-0.2, 0) is 9.59 Å². The first-order chi connectivity index (χ1) is 15.2. The number of fused-ring (bicyclic) bond motifs is 1. The molecule has 1 aliphatic carbocycles. The molecule has 32 heavy (non-hydrogen) atoms. The predicted octanol–water partition coefficient (Wildman–Crippen LogP) is 3.81. The van der Waals surface area contributed by atoms with Crippen LogP contribution in [0.1, 0.15) is 55.5 Å². The number of nitrogens with one attached hydrogen (secondary N) is 2. The van der Waals surface area contributed by atoms with Crippen LogP contribution in [0.5, 0.6) is 5.75 Å². The van der Waals surface area contributed by atoms with Gasteiger partial charge in [-0.05, 0) is 69.5 Å². The Labute approximate surface area is 188 Å². The van der Waals surface area contributed by atoms with Gasteiger partial charge < -0.3 is 15.4 Å². The number of aryl methyl sites for hydroxylation is 1. The average Bonchev–Trinajstić information content (AvgIpc) is 3.24. The summed E-state index contributed by atoms with van der Waals surface area (Å²) in [6.07, 6.45) is 4.21. The fraction of sp³-hybridized carbons (Fsp3) is 0.400. The van der Waals surface area contributed by atoms with Gasteiger partial charge in [0.2, 0.25) is 5.91 Å². The summed E-state index contributed by atoms with van der Waals surface area (Å²) in [6, 6.07) is 12.7. The van der Waals surface area contributed by atoms with Crippen LogP contribution in [0.4, 0.5) is 11.4 Å². The number of hydrogen-bond acceptors (Lipinski definition) is 4. The summed E-state index contributed by atoms with van der Waals surface area (Å²) in [7, 11) is 0. The summed E-state index contributed by atoms with van der Waals surface area (Å²) in [5, 5.41) is 5.90. The molecular formula is C25H29N3O4. The number of hydrogen-bond donors (Lipinski definition) is 2. The van der Waals surface area contributed by atoms with Gasteiger partial charge in [0, 0.05) is 17.3 Å². The summed E-state index contributed by atoms with van der Waals surface area (Å²) >= 11 is 0. The highest BCUT2D eigenvalue weighted by molar-refractivity contribution is 6.08. The second kappa shape index (κ2) is 8.65. The van der Waals surface area contributed by atoms with E-state index in [2.05, 4.69) is 10.6 Å². The van der Waals surface area contributed by atoms with E-state index < -0.39 is 5.60 Å². The van der Waals surface area contributed by atoms with Crippen molar-refractivity contribution in [3.8, 4) is 5.75 Å². The largest absolute Gasteiger partial charge is 0.476 e. The summed E-state index contributed by atoms with van der Waals surface area (Å²) in [5.41, 5.74) is 1.43. The minimum atomic E-state index is -1.12. The zero-order valence-electron chi connectivity index (χ0n) is 18.7. The molecule has 2 aliphatic rings. The summed E-state index contributed by atoms with van der Waals surface area (Å²) < 4.78 is 5.89. The molecule has 0 spiro atoms. The number of benzene rings is 2. The molecule has 2 aromatic carbocycles. The van der Waals surface area contributed by atoms with E-state index in [1.54, 1.807) is 38.1 Å². The molecule has 168 valence electrons. The molecule has 1 fully saturated rings. The Bertz CT molecular complexity index is 1060. The van der Waals surface area contributed by atoms with Gasteiger partial charge >= 0.3 is 0 Å². The number of carbonyl (C=O) groups excluding carboxylic acids is 3. The van der Waals surface area contributed by atoms with Crippen molar-refractivity contribution >= 4 is 29.1 Å². The van der Waals surface area contributed by atoms with Crippen LogP contribution in [0, 0.1) is 6.92 Å². The summed E-state index contributed by atoms with van der Waals surface area (Å²) in [6.45, 7) is 5.10. The van der Waals surface area contributed by atoms with Gasteiger partial charge in [0.1, 0.15) is 12.3 Å². The standard InChI is InChI=1S/C25H29N3O4/c1-16-7-6-10-19(13-16)26-22(29)15-28-20-14-17(23(30)27-18-8-4-5-9-18)11-12-21(20)32-25(2,3)24(28)31/h6-7,10-14,18H,4-5,8-9,15H2,1-3H3,(H,26,29)(H,27,30). The molecule has 3 amide bonds. The van der Waals surface area contributed by atoms with E-state index in [1.807, 2.05) is 25.1 Å². The van der Waals surface area contributed by atoms with Crippen molar-refractivity contribution in [3.63, 3.8) is 0 Å². The van der Waals surface area contributed by atoms with Gasteiger partial charge in [-0.15, -0.1) is 0 Å². The van der Waals surface area contributed by atoms with Crippen molar-refractivity contribution in [1.82, 2.24) is 5.32 Å². The third kappa shape index (κ3) is 4.61. The highest BCUT2D eigenvalue weighted by atomic mass is 16.5. The number of carbonyl (C=O) groups is 3. The van der Waals surface area contributed by atoms with Crippen LogP contribution in [0.15, 0.2) is 42.5 Å². The lowest BCUT2D eigenvalue weighted by Crippen LogP contribution is -2.54. The van der Waals surface area contributed by atoms with Crippen molar-refractivity contribution in [1.29, 1.82) is 0 Å². The van der Waals surface area contributed by atoms with Crippen molar-refractivity contribution < 1.29 is 19.1 Å². The van der Waals surface area contributed by atoms with Crippen LogP contribution in [0.25, 0.3) is 0 Å². The molecule has 4 rings (SSSR count). The number of amides is 3. The molecule has 0 saturated heterocycles. The molecule has 7 nitrogen and oxygen atoms in total. The molecule has 0 bridgehead atoms. The lowest BCUT2D eigenvalue weighted by atomic mass is 10.0. The molecule has 1 saturated carbocycles. The maximum atomic E-state index is 13.1. The van der Waals surface area contributed by atoms with E-state index in [9.17, 15) is 14.4 Å². The fourth-order valence-electron chi connectivity index (χ4n) is 4.27. The minimum absolute atomic E-state index is 0.179. The quantitative estimate of drug-likeness (QED) is 0.748. The first-order valence-electron chi connectivity index (χ1n) is 11.1. The second-order valence-corrected chi connectivity index (χ2v) is 9.06. The highest BCUT2D eigenvalue weighted by Crippen LogP contribution is 2.38. The zero-order chi connectivity index (χ0) is 22.9. The van der Waals surface area contributed by atoms with E-state index in [0.717, 1.165) is 31.2 Å². The van der Waals surface area contributed by atoms with Gasteiger partial charge in [-0.25, -0.2) is 0 Å². The van der Waals surface area contributed by atoms with E-state index in [0.29, 0.717) is 22.7 Å². The normalized spacial score (nSPS) is 17.5. The Kier molecular flexibility index (Phi) is 5.91. The summed E-state index contributed by atoms with van der Waals surface area (Å²) in [4.78, 5) is 40.1. The first-order valence-corrected chi connectivity index (χ1v) is 11.1. The average molecular weight is 436 g/mol. The van der Waals surface area contributed by atoms with E-state index in [-0.39, 0.29) is 30.3 Å². The Morgan fingerprint density at radius 3 is 2.59 bits per heavy atom. The number of ether oxygens (including phenoxy) is 1. The lowest BCUT2D eigenvalue weighted by molar-refractivity contribution is -0.133. The smallest absolute Gasteiger partial charge is 0.271 e. The third-order valence-electron chi connectivity index (χ3n) is 5.93. The van der Waals surface area contributed by atoms with E-state index in [1.165, 1.54) is 4.90 Å². The Morgan fingerprint density at radius 1 is 1.12 bits per heavy atom. The molecule has 0 unspecified atom stereocenters. The topological polar surface area (TPSA) is 87.7 Å². The van der Waals surface area contributed by atoms with E-state index >= 15 is 0 Å². The Balaban J connectivity index is 1.58. The van der Waals surface area contributed by atoms with Crippen molar-refractivity contribution in [2.75, 3.05) is 16.8 Å². The third-order valence-corrected chi connectivity index (χ3v) is 5.93. The van der Waals surface area contributed by atoms with Gasteiger partial charge in [0.15, 0.2) is 5.60 Å². The van der Waals surface area contributed by atoms with Gasteiger partial charge in [0.25, 0.3) is 11.8 Å². The van der Waals surface area contributed by atoms with Gasteiger partial charge in [0.05, 0.1) is 5.69 Å². The molecule has 2 N–H and O–H groups in total. The number of rotatable bonds is 5. The van der Waals surface area contributed by atoms with Crippen LogP contribution >= 0.6 is 0 Å². The Hall–Kier alpha value is -3.35. The van der Waals surface area contributed by atoms with Crippen molar-refractivity contribution in [2.45, 2.75) is 58.1 Å². The molecule has 0 aromatic heterocycles. The number of nitrogens with zero attached hydrogens (tertiary/aromatic N) is 1. The first kappa shape index (κ1) is 21.9. The molecule has 7 heteroatoms. The van der Waals surface area contributed by atoms with Crippen molar-refractivity contribution in [3.05, 3.63) is 53.6 Å². The van der Waals surface area contributed by atoms with Gasteiger partial charge in [-0.3, -0.25) is 19.3 Å². The molecule has 2 aromatic rings. The predicted molar refractivity (Wildman–Crippen MR) is 123 cm³/mol. The maximum Gasteiger partial charge on any atom is 0.271 e. The van der Waals surface area contributed by atoms with Crippen LogP contribution in [0.2, 0.25) is 0 Å². The fourth-order valence-corrected chi connectivity index (χ4v) is 4.27. The molecule has 0 radical (unpaired) electrons. The van der Waals surface area contributed by atoms with Crippen molar-refractivity contribution in [2.24, 2.45) is 0 Å². The Morgan fingerprint density at radius 2 is 1.88 bits per heavy atom. The van der Waals surface area contributed by atoms with Crippen LogP contribution in [-0.4, -0.2) is 35.9 Å². The molecule has 0 atom stereocenters. The maximum absolute atomic E-state index is 13.1. The molecular weight excluding hydrogens is 406 g/mol. The van der Waals surface area contributed by atoms with Gasteiger partial charge in [-0.2, -0.15) is 0 Å². The summed E-state index contributed by atoms with van der Waals surface area (Å²) in [5.74, 6) is -0.373. The van der Waals surface area contributed by atoms with Crippen LogP contribution in [0.3, 0.4) is 0 Å². The minimum Gasteiger partial charge on any atom is -0.476 e. The second-order valence-electron chi connectivity index (χ2n) is 9.06. The van der Waals surface area contributed by atoms with Crippen LogP contribution < -0.4 is 20.3 Å². The molecule has 1 aliphatic heterocycles. The zero-order valence-corrected chi connectivity index (χ0v) is 18.7. The monoisotopic (exact) mass is 435 g/mol. The number of anilines is 2. The highest BCUT2D eigenvalue weighted by Gasteiger charge is 2.42.